The van der Waals surface area contributed by atoms with E-state index in [0.717, 1.165) is 42.2 Å². The fraction of sp³-hybridized carbons (Fsp3) is 0.240. The van der Waals surface area contributed by atoms with Gasteiger partial charge in [0.1, 0.15) is 5.01 Å². The summed E-state index contributed by atoms with van der Waals surface area (Å²) in [5.74, 6) is -0.831. The number of aliphatic hydroxyl groups is 1. The third-order valence-electron chi connectivity index (χ3n) is 6.14. The number of carbonyl (C=O) groups is 2. The van der Waals surface area contributed by atoms with E-state index in [-0.39, 0.29) is 12.6 Å². The first-order valence-corrected chi connectivity index (χ1v) is 11.8. The predicted octanol–water partition coefficient (Wildman–Crippen LogP) is 3.49. The number of hydrogen-bond acceptors (Lipinski definition) is 7. The van der Waals surface area contributed by atoms with Crippen molar-refractivity contribution in [2.45, 2.75) is 25.4 Å². The van der Waals surface area contributed by atoms with Gasteiger partial charge in [0.05, 0.1) is 12.2 Å². The molecule has 33 heavy (non-hydrogen) atoms. The zero-order valence-corrected chi connectivity index (χ0v) is 18.8. The van der Waals surface area contributed by atoms with Crippen LogP contribution in [-0.2, 0) is 11.3 Å². The predicted molar refractivity (Wildman–Crippen MR) is 129 cm³/mol. The lowest BCUT2D eigenvalue weighted by Gasteiger charge is -2.22. The second kappa shape index (κ2) is 9.27. The van der Waals surface area contributed by atoms with Gasteiger partial charge in [0, 0.05) is 52.7 Å². The quantitative estimate of drug-likeness (QED) is 0.385. The Morgan fingerprint density at radius 1 is 1.15 bits per heavy atom. The molecule has 0 radical (unpaired) electrons. The molecule has 1 unspecified atom stereocenters. The molecule has 2 aromatic carbocycles. The van der Waals surface area contributed by atoms with Gasteiger partial charge in [-0.3, -0.25) is 19.8 Å². The van der Waals surface area contributed by atoms with E-state index in [9.17, 15) is 14.7 Å². The number of imide groups is 1. The van der Waals surface area contributed by atoms with Crippen LogP contribution in [0.15, 0.2) is 60.2 Å². The van der Waals surface area contributed by atoms with Crippen molar-refractivity contribution in [1.82, 2.24) is 15.2 Å². The van der Waals surface area contributed by atoms with Gasteiger partial charge in [-0.15, -0.1) is 11.3 Å². The number of nitrogens with zero attached hydrogens (tertiary/aromatic N) is 2. The second-order valence-electron chi connectivity index (χ2n) is 8.23. The molecular weight excluding hydrogens is 436 g/mol. The molecule has 2 aliphatic heterocycles. The topological polar surface area (TPSA) is 94.6 Å². The maximum Gasteiger partial charge on any atom is 0.260 e. The van der Waals surface area contributed by atoms with Gasteiger partial charge in [-0.2, -0.15) is 0 Å². The first-order chi connectivity index (χ1) is 16.1. The molecule has 2 amide bonds. The molecule has 1 aromatic heterocycles. The summed E-state index contributed by atoms with van der Waals surface area (Å²) in [5, 5.41) is 17.8. The SMILES string of the molecule is O=C1NC(=O)c2ccc(-c3nccs3)cc2/C1=C/Nc1ccc(CN2CCCC2CO)cc1. The number of hydrogen-bond donors (Lipinski definition) is 3. The summed E-state index contributed by atoms with van der Waals surface area (Å²) < 4.78 is 0. The molecule has 3 heterocycles. The summed E-state index contributed by atoms with van der Waals surface area (Å²) in [6, 6.07) is 13.7. The molecule has 1 saturated heterocycles. The summed E-state index contributed by atoms with van der Waals surface area (Å²) in [7, 11) is 0. The van der Waals surface area contributed by atoms with Gasteiger partial charge >= 0.3 is 0 Å². The summed E-state index contributed by atoms with van der Waals surface area (Å²) in [6.07, 6.45) is 5.53. The molecule has 7 nitrogen and oxygen atoms in total. The highest BCUT2D eigenvalue weighted by atomic mass is 32.1. The van der Waals surface area contributed by atoms with Crippen molar-refractivity contribution >= 4 is 34.4 Å². The van der Waals surface area contributed by atoms with E-state index < -0.39 is 11.8 Å². The largest absolute Gasteiger partial charge is 0.395 e. The highest BCUT2D eigenvalue weighted by Gasteiger charge is 2.28. The molecule has 2 aliphatic rings. The van der Waals surface area contributed by atoms with Crippen LogP contribution in [0.3, 0.4) is 0 Å². The van der Waals surface area contributed by atoms with Gasteiger partial charge < -0.3 is 10.4 Å². The molecule has 0 spiro atoms. The number of rotatable bonds is 6. The van der Waals surface area contributed by atoms with E-state index in [0.29, 0.717) is 16.7 Å². The van der Waals surface area contributed by atoms with Crippen LogP contribution >= 0.6 is 11.3 Å². The fourth-order valence-electron chi connectivity index (χ4n) is 4.37. The summed E-state index contributed by atoms with van der Waals surface area (Å²) in [4.78, 5) is 31.6. The Morgan fingerprint density at radius 3 is 2.76 bits per heavy atom. The average Bonchev–Trinajstić information content (AvgIpc) is 3.52. The number of nitrogens with one attached hydrogen (secondary N) is 2. The van der Waals surface area contributed by atoms with E-state index in [1.165, 1.54) is 16.9 Å². The summed E-state index contributed by atoms with van der Waals surface area (Å²) in [5.41, 5.74) is 4.33. The molecule has 0 aliphatic carbocycles. The van der Waals surface area contributed by atoms with Gasteiger partial charge in [0.2, 0.25) is 0 Å². The Bertz CT molecular complexity index is 1200. The number of amides is 2. The number of anilines is 1. The zero-order chi connectivity index (χ0) is 22.8. The van der Waals surface area contributed by atoms with Gasteiger partial charge in [-0.1, -0.05) is 18.2 Å². The minimum absolute atomic E-state index is 0.198. The molecule has 1 fully saturated rings. The van der Waals surface area contributed by atoms with Crippen LogP contribution in [0.5, 0.6) is 0 Å². The first kappa shape index (κ1) is 21.5. The maximum absolute atomic E-state index is 12.6. The molecule has 1 atom stereocenters. The lowest BCUT2D eigenvalue weighted by Crippen LogP contribution is -2.36. The molecule has 5 rings (SSSR count). The molecule has 3 N–H and O–H groups in total. The lowest BCUT2D eigenvalue weighted by atomic mass is 9.93. The van der Waals surface area contributed by atoms with E-state index in [1.54, 1.807) is 18.5 Å². The molecule has 8 heteroatoms. The third-order valence-corrected chi connectivity index (χ3v) is 6.96. The maximum atomic E-state index is 12.6. The molecule has 0 bridgehead atoms. The van der Waals surface area contributed by atoms with Gasteiger partial charge in [0.15, 0.2) is 0 Å². The number of carbonyl (C=O) groups excluding carboxylic acids is 2. The zero-order valence-electron chi connectivity index (χ0n) is 18.0. The monoisotopic (exact) mass is 460 g/mol. The third kappa shape index (κ3) is 4.45. The smallest absolute Gasteiger partial charge is 0.260 e. The van der Waals surface area contributed by atoms with Crippen LogP contribution in [0.1, 0.15) is 34.3 Å². The van der Waals surface area contributed by atoms with Gasteiger partial charge in [0.25, 0.3) is 11.8 Å². The van der Waals surface area contributed by atoms with Crippen molar-refractivity contribution in [2.75, 3.05) is 18.5 Å². The van der Waals surface area contributed by atoms with E-state index in [4.69, 9.17) is 0 Å². The van der Waals surface area contributed by atoms with Crippen LogP contribution in [0.4, 0.5) is 5.69 Å². The minimum Gasteiger partial charge on any atom is -0.395 e. The second-order valence-corrected chi connectivity index (χ2v) is 9.12. The van der Waals surface area contributed by atoms with Gasteiger partial charge in [-0.05, 0) is 49.2 Å². The minimum atomic E-state index is -0.433. The normalized spacial score (nSPS) is 19.5. The van der Waals surface area contributed by atoms with E-state index in [1.807, 2.05) is 41.8 Å². The highest BCUT2D eigenvalue weighted by molar-refractivity contribution is 7.13. The Balaban J connectivity index is 1.36. The van der Waals surface area contributed by atoms with Crippen molar-refractivity contribution in [3.63, 3.8) is 0 Å². The van der Waals surface area contributed by atoms with E-state index in [2.05, 4.69) is 20.5 Å². The number of benzene rings is 2. The van der Waals surface area contributed by atoms with Crippen LogP contribution in [-0.4, -0.2) is 46.0 Å². The standard InChI is InChI=1S/C25H24N4O3S/c30-15-19-2-1-10-29(19)14-16-3-6-18(7-4-16)27-13-22-21-12-17(25-26-9-11-33-25)5-8-20(21)23(31)28-24(22)32/h3-9,11-13,19,27,30H,1-2,10,14-15H2,(H,28,31,32)/b22-13-. The molecule has 3 aromatic rings. The average molecular weight is 461 g/mol. The Hall–Kier alpha value is -3.33. The van der Waals surface area contributed by atoms with Crippen LogP contribution in [0, 0.1) is 0 Å². The highest BCUT2D eigenvalue weighted by Crippen LogP contribution is 2.30. The van der Waals surface area contributed by atoms with Crippen molar-refractivity contribution in [1.29, 1.82) is 0 Å². The van der Waals surface area contributed by atoms with Crippen molar-refractivity contribution in [2.24, 2.45) is 0 Å². The lowest BCUT2D eigenvalue weighted by molar-refractivity contribution is -0.114. The molecular formula is C25H24N4O3S. The summed E-state index contributed by atoms with van der Waals surface area (Å²) >= 11 is 1.50. The van der Waals surface area contributed by atoms with Crippen molar-refractivity contribution in [3.05, 3.63) is 76.9 Å². The Kier molecular flexibility index (Phi) is 6.04. The van der Waals surface area contributed by atoms with Crippen molar-refractivity contribution in [3.8, 4) is 10.6 Å². The van der Waals surface area contributed by atoms with Crippen LogP contribution < -0.4 is 10.6 Å². The number of aromatic nitrogens is 1. The summed E-state index contributed by atoms with van der Waals surface area (Å²) in [6.45, 7) is 2.01. The Labute approximate surface area is 195 Å². The number of aliphatic hydroxyl groups excluding tert-OH is 1. The van der Waals surface area contributed by atoms with E-state index >= 15 is 0 Å². The van der Waals surface area contributed by atoms with Crippen LogP contribution in [0.2, 0.25) is 0 Å². The number of fused-ring (bicyclic) bond motifs is 1. The Morgan fingerprint density at radius 2 is 2.00 bits per heavy atom. The molecule has 0 saturated carbocycles. The fourth-order valence-corrected chi connectivity index (χ4v) is 5.01. The van der Waals surface area contributed by atoms with Crippen LogP contribution in [0.25, 0.3) is 16.1 Å². The van der Waals surface area contributed by atoms with Crippen molar-refractivity contribution < 1.29 is 14.7 Å². The molecule has 168 valence electrons. The number of thiazole rings is 1. The number of likely N-dealkylation sites (tertiary alicyclic amines) is 1. The first-order valence-electron chi connectivity index (χ1n) is 10.9. The van der Waals surface area contributed by atoms with Gasteiger partial charge in [-0.25, -0.2) is 4.98 Å².